The number of hydrogen-bond donors (Lipinski definition) is 0. The number of aryl methyl sites for hydroxylation is 1. The topological polar surface area (TPSA) is 36.7 Å². The maximum absolute atomic E-state index is 8.82. The van der Waals surface area contributed by atoms with E-state index in [0.29, 0.717) is 5.56 Å². The minimum Gasteiger partial charge on any atom is -0.254 e. The van der Waals surface area contributed by atoms with Crippen LogP contribution in [0.5, 0.6) is 0 Å². The zero-order chi connectivity index (χ0) is 10.1. The molecule has 0 aliphatic carbocycles. The lowest BCUT2D eigenvalue weighted by molar-refractivity contribution is 1.34. The quantitative estimate of drug-likeness (QED) is 0.610. The van der Waals surface area contributed by atoms with Gasteiger partial charge in [-0.15, -0.1) is 17.8 Å². The molecule has 0 aliphatic rings. The Morgan fingerprint density at radius 1 is 1.57 bits per heavy atom. The van der Waals surface area contributed by atoms with E-state index in [-0.39, 0.29) is 0 Å². The molecule has 2 aromatic heterocycles. The highest BCUT2D eigenvalue weighted by Crippen LogP contribution is 2.27. The van der Waals surface area contributed by atoms with Gasteiger partial charge in [0.15, 0.2) is 0 Å². The number of fused-ring (bicyclic) bond motifs is 1. The van der Waals surface area contributed by atoms with Gasteiger partial charge in [-0.05, 0) is 18.6 Å². The maximum atomic E-state index is 8.82. The number of thiophene rings is 1. The van der Waals surface area contributed by atoms with Crippen molar-refractivity contribution in [1.29, 1.82) is 5.26 Å². The van der Waals surface area contributed by atoms with Gasteiger partial charge in [0.05, 0.1) is 20.7 Å². The molecule has 3 heteroatoms. The van der Waals surface area contributed by atoms with E-state index in [0.717, 1.165) is 20.7 Å². The second kappa shape index (κ2) is 3.14. The van der Waals surface area contributed by atoms with Gasteiger partial charge in [0, 0.05) is 6.20 Å². The molecule has 0 atom stereocenters. The van der Waals surface area contributed by atoms with Gasteiger partial charge in [-0.2, -0.15) is 5.26 Å². The summed E-state index contributed by atoms with van der Waals surface area (Å²) in [7, 11) is 0. The van der Waals surface area contributed by atoms with E-state index >= 15 is 0 Å². The molecule has 0 radical (unpaired) electrons. The molecular weight excluding hydrogens is 192 g/mol. The molecule has 0 N–H and O–H groups in total. The van der Waals surface area contributed by atoms with Crippen LogP contribution in [0, 0.1) is 30.6 Å². The van der Waals surface area contributed by atoms with E-state index in [1.54, 1.807) is 6.20 Å². The fraction of sp³-hybridized carbons (Fsp3) is 0.0909. The van der Waals surface area contributed by atoms with Crippen molar-refractivity contribution in [1.82, 2.24) is 4.98 Å². The van der Waals surface area contributed by atoms with E-state index in [1.165, 1.54) is 11.3 Å². The van der Waals surface area contributed by atoms with Gasteiger partial charge < -0.3 is 0 Å². The molecule has 0 aromatic carbocycles. The van der Waals surface area contributed by atoms with Crippen LogP contribution in [0.3, 0.4) is 0 Å². The molecule has 0 bridgehead atoms. The molecule has 2 aromatic rings. The van der Waals surface area contributed by atoms with Gasteiger partial charge in [-0.25, -0.2) is 0 Å². The smallest absolute Gasteiger partial charge is 0.101 e. The van der Waals surface area contributed by atoms with Crippen LogP contribution in [0.2, 0.25) is 0 Å². The van der Waals surface area contributed by atoms with Gasteiger partial charge in [0.1, 0.15) is 6.07 Å². The molecule has 0 amide bonds. The van der Waals surface area contributed by atoms with E-state index in [9.17, 15) is 0 Å². The molecule has 0 saturated carbocycles. The average molecular weight is 198 g/mol. The molecule has 2 heterocycles. The first-order valence-corrected chi connectivity index (χ1v) is 4.83. The van der Waals surface area contributed by atoms with E-state index in [2.05, 4.69) is 17.0 Å². The molecule has 2 rings (SSSR count). The Balaban J connectivity index is 2.85. The van der Waals surface area contributed by atoms with Crippen molar-refractivity contribution >= 4 is 21.6 Å². The summed E-state index contributed by atoms with van der Waals surface area (Å²) < 4.78 is 1.01. The number of aromatic nitrogens is 1. The summed E-state index contributed by atoms with van der Waals surface area (Å²) in [5.74, 6) is 2.58. The predicted molar refractivity (Wildman–Crippen MR) is 57.0 cm³/mol. The minimum atomic E-state index is 0.614. The highest BCUT2D eigenvalue weighted by Gasteiger charge is 2.07. The number of nitrogens with zero attached hydrogens (tertiary/aromatic N) is 2. The number of hydrogen-bond acceptors (Lipinski definition) is 3. The monoisotopic (exact) mass is 198 g/mol. The molecule has 0 saturated heterocycles. The fourth-order valence-corrected chi connectivity index (χ4v) is 2.21. The molecular formula is C11H6N2S. The van der Waals surface area contributed by atoms with Crippen LogP contribution in [-0.4, -0.2) is 4.98 Å². The number of rotatable bonds is 0. The minimum absolute atomic E-state index is 0.614. The lowest BCUT2D eigenvalue weighted by Crippen LogP contribution is -1.84. The third-order valence-electron chi connectivity index (χ3n) is 2.05. The summed E-state index contributed by atoms with van der Waals surface area (Å²) in [6, 6.07) is 3.98. The molecule has 2 nitrogen and oxygen atoms in total. The van der Waals surface area contributed by atoms with Crippen LogP contribution < -0.4 is 0 Å². The predicted octanol–water partition coefficient (Wildman–Crippen LogP) is 2.46. The molecule has 66 valence electrons. The Morgan fingerprint density at radius 2 is 2.36 bits per heavy atom. The summed E-state index contributed by atoms with van der Waals surface area (Å²) in [5.41, 5.74) is 2.45. The zero-order valence-corrected chi connectivity index (χ0v) is 8.35. The molecule has 0 aliphatic heterocycles. The lowest BCUT2D eigenvalue weighted by atomic mass is 10.1. The van der Waals surface area contributed by atoms with Gasteiger partial charge >= 0.3 is 0 Å². The second-order valence-corrected chi connectivity index (χ2v) is 3.93. The number of nitriles is 1. The van der Waals surface area contributed by atoms with Crippen molar-refractivity contribution in [2.24, 2.45) is 0 Å². The van der Waals surface area contributed by atoms with Crippen LogP contribution in [0.1, 0.15) is 16.0 Å². The van der Waals surface area contributed by atoms with Crippen molar-refractivity contribution in [3.63, 3.8) is 0 Å². The van der Waals surface area contributed by atoms with Crippen molar-refractivity contribution in [2.45, 2.75) is 6.92 Å². The highest BCUT2D eigenvalue weighted by molar-refractivity contribution is 7.19. The van der Waals surface area contributed by atoms with E-state index < -0.39 is 0 Å². The van der Waals surface area contributed by atoms with Crippen LogP contribution in [0.15, 0.2) is 12.3 Å². The van der Waals surface area contributed by atoms with Crippen LogP contribution >= 0.6 is 11.3 Å². The summed E-state index contributed by atoms with van der Waals surface area (Å²) >= 11 is 1.50. The van der Waals surface area contributed by atoms with E-state index in [4.69, 9.17) is 11.7 Å². The number of terminal acetylenes is 1. The summed E-state index contributed by atoms with van der Waals surface area (Å²) in [6.45, 7) is 1.92. The SMILES string of the molecule is C#Cc1cc2ncc(C#N)c(C)c2s1. The first-order valence-electron chi connectivity index (χ1n) is 4.02. The van der Waals surface area contributed by atoms with Gasteiger partial charge in [-0.3, -0.25) is 4.98 Å². The van der Waals surface area contributed by atoms with Gasteiger partial charge in [0.25, 0.3) is 0 Å². The summed E-state index contributed by atoms with van der Waals surface area (Å²) in [6.07, 6.45) is 6.89. The van der Waals surface area contributed by atoms with Gasteiger partial charge in [-0.1, -0.05) is 5.92 Å². The van der Waals surface area contributed by atoms with Crippen molar-refractivity contribution in [3.8, 4) is 18.4 Å². The molecule has 0 unspecified atom stereocenters. The van der Waals surface area contributed by atoms with Crippen molar-refractivity contribution < 1.29 is 0 Å². The van der Waals surface area contributed by atoms with Crippen LogP contribution in [0.4, 0.5) is 0 Å². The fourth-order valence-electron chi connectivity index (χ4n) is 1.28. The first kappa shape index (κ1) is 8.74. The summed E-state index contributed by atoms with van der Waals surface area (Å²) in [4.78, 5) is 5.03. The third-order valence-corrected chi connectivity index (χ3v) is 3.23. The zero-order valence-electron chi connectivity index (χ0n) is 7.53. The Hall–Kier alpha value is -1.84. The lowest BCUT2D eigenvalue weighted by Gasteiger charge is -1.96. The van der Waals surface area contributed by atoms with Crippen LogP contribution in [0.25, 0.3) is 10.2 Å². The Morgan fingerprint density at radius 3 is 3.00 bits per heavy atom. The van der Waals surface area contributed by atoms with Crippen LogP contribution in [-0.2, 0) is 0 Å². The number of pyridine rings is 1. The van der Waals surface area contributed by atoms with Crippen molar-refractivity contribution in [2.75, 3.05) is 0 Å². The maximum Gasteiger partial charge on any atom is 0.101 e. The summed E-state index contributed by atoms with van der Waals surface area (Å²) in [5, 5.41) is 8.82. The van der Waals surface area contributed by atoms with E-state index in [1.807, 2.05) is 13.0 Å². The Bertz CT molecular complexity index is 582. The highest BCUT2D eigenvalue weighted by atomic mass is 32.1. The third kappa shape index (κ3) is 1.16. The van der Waals surface area contributed by atoms with Gasteiger partial charge in [0.2, 0.25) is 0 Å². The largest absolute Gasteiger partial charge is 0.254 e. The van der Waals surface area contributed by atoms with Crippen molar-refractivity contribution in [3.05, 3.63) is 28.3 Å². The Kier molecular flexibility index (Phi) is 1.96. The molecule has 0 fully saturated rings. The second-order valence-electron chi connectivity index (χ2n) is 2.88. The molecule has 14 heavy (non-hydrogen) atoms. The standard InChI is InChI=1S/C11H6N2S/c1-3-9-4-10-11(14-9)7(2)8(5-12)6-13-10/h1,4,6H,2H3. The average Bonchev–Trinajstić information content (AvgIpc) is 2.62. The normalized spacial score (nSPS) is 9.64. The Labute approximate surface area is 85.8 Å². The molecule has 0 spiro atoms. The first-order chi connectivity index (χ1) is 6.76.